The van der Waals surface area contributed by atoms with E-state index in [4.69, 9.17) is 0 Å². The fraction of sp³-hybridized carbons (Fsp3) is 0.238. The van der Waals surface area contributed by atoms with Crippen LogP contribution in [0.2, 0.25) is 0 Å². The van der Waals surface area contributed by atoms with E-state index in [9.17, 15) is 9.18 Å². The standard InChI is InChI=1S/C21H22FN3OS/c1-25(2)13-17-7-4-3-6-16(17)12-23-20(26)11-19-14-27-21(24-19)15-8-5-9-18(22)10-15/h3-10,14H,11-13H2,1-2H3,(H,23,26). The maximum atomic E-state index is 13.4. The van der Waals surface area contributed by atoms with Gasteiger partial charge in [-0.15, -0.1) is 11.3 Å². The number of rotatable bonds is 7. The molecule has 1 heterocycles. The number of nitrogens with zero attached hydrogens (tertiary/aromatic N) is 2. The van der Waals surface area contributed by atoms with Crippen molar-refractivity contribution in [1.29, 1.82) is 0 Å². The number of halogens is 1. The molecule has 0 atom stereocenters. The summed E-state index contributed by atoms with van der Waals surface area (Å²) < 4.78 is 13.4. The highest BCUT2D eigenvalue weighted by Gasteiger charge is 2.10. The summed E-state index contributed by atoms with van der Waals surface area (Å²) >= 11 is 1.41. The van der Waals surface area contributed by atoms with Gasteiger partial charge in [-0.2, -0.15) is 0 Å². The Balaban J connectivity index is 1.59. The second kappa shape index (κ2) is 8.88. The molecule has 0 unspecified atom stereocenters. The summed E-state index contributed by atoms with van der Waals surface area (Å²) in [7, 11) is 4.04. The van der Waals surface area contributed by atoms with E-state index in [1.165, 1.54) is 29.0 Å². The lowest BCUT2D eigenvalue weighted by atomic mass is 10.1. The number of aromatic nitrogens is 1. The predicted octanol–water partition coefficient (Wildman–Crippen LogP) is 3.87. The molecular formula is C21H22FN3OS. The third kappa shape index (κ3) is 5.45. The van der Waals surface area contributed by atoms with Crippen LogP contribution in [-0.4, -0.2) is 29.9 Å². The highest BCUT2D eigenvalue weighted by Crippen LogP contribution is 2.24. The van der Waals surface area contributed by atoms with Crippen molar-refractivity contribution in [2.75, 3.05) is 14.1 Å². The Hall–Kier alpha value is -2.57. The van der Waals surface area contributed by atoms with Gasteiger partial charge in [0.1, 0.15) is 10.8 Å². The number of carbonyl (C=O) groups excluding carboxylic acids is 1. The molecule has 1 N–H and O–H groups in total. The molecule has 0 radical (unpaired) electrons. The van der Waals surface area contributed by atoms with Gasteiger partial charge in [0.2, 0.25) is 5.91 Å². The number of amides is 1. The van der Waals surface area contributed by atoms with E-state index in [0.29, 0.717) is 17.2 Å². The molecule has 0 saturated heterocycles. The van der Waals surface area contributed by atoms with Gasteiger partial charge in [-0.05, 0) is 37.4 Å². The number of benzene rings is 2. The lowest BCUT2D eigenvalue weighted by Gasteiger charge is -2.14. The Morgan fingerprint density at radius 2 is 1.93 bits per heavy atom. The highest BCUT2D eigenvalue weighted by molar-refractivity contribution is 7.13. The maximum absolute atomic E-state index is 13.4. The van der Waals surface area contributed by atoms with E-state index < -0.39 is 0 Å². The smallest absolute Gasteiger partial charge is 0.226 e. The maximum Gasteiger partial charge on any atom is 0.226 e. The van der Waals surface area contributed by atoms with Crippen LogP contribution in [0.3, 0.4) is 0 Å². The fourth-order valence-corrected chi connectivity index (χ4v) is 3.60. The van der Waals surface area contributed by atoms with E-state index in [1.807, 2.05) is 43.7 Å². The Bertz CT molecular complexity index is 923. The Morgan fingerprint density at radius 1 is 1.15 bits per heavy atom. The molecule has 0 bridgehead atoms. The van der Waals surface area contributed by atoms with Crippen LogP contribution in [0.5, 0.6) is 0 Å². The van der Waals surface area contributed by atoms with E-state index in [0.717, 1.165) is 17.7 Å². The quantitative estimate of drug-likeness (QED) is 0.674. The van der Waals surface area contributed by atoms with Gasteiger partial charge in [0.25, 0.3) is 0 Å². The van der Waals surface area contributed by atoms with Crippen LogP contribution in [-0.2, 0) is 24.3 Å². The van der Waals surface area contributed by atoms with Crippen molar-refractivity contribution in [1.82, 2.24) is 15.2 Å². The molecule has 1 amide bonds. The molecule has 3 aromatic rings. The SMILES string of the molecule is CN(C)Cc1ccccc1CNC(=O)Cc1csc(-c2cccc(F)c2)n1. The minimum Gasteiger partial charge on any atom is -0.352 e. The van der Waals surface area contributed by atoms with Crippen molar-refractivity contribution in [3.05, 3.63) is 76.5 Å². The summed E-state index contributed by atoms with van der Waals surface area (Å²) in [5.41, 5.74) is 3.73. The monoisotopic (exact) mass is 383 g/mol. The first-order valence-corrected chi connectivity index (χ1v) is 9.58. The number of thiazole rings is 1. The van der Waals surface area contributed by atoms with Gasteiger partial charge in [0, 0.05) is 24.0 Å². The highest BCUT2D eigenvalue weighted by atomic mass is 32.1. The van der Waals surface area contributed by atoms with E-state index in [-0.39, 0.29) is 18.1 Å². The van der Waals surface area contributed by atoms with Crippen LogP contribution in [0.4, 0.5) is 4.39 Å². The van der Waals surface area contributed by atoms with Crippen LogP contribution in [0.25, 0.3) is 10.6 Å². The molecule has 27 heavy (non-hydrogen) atoms. The molecular weight excluding hydrogens is 361 g/mol. The van der Waals surface area contributed by atoms with Crippen molar-refractivity contribution >= 4 is 17.2 Å². The fourth-order valence-electron chi connectivity index (χ4n) is 2.79. The van der Waals surface area contributed by atoms with Gasteiger partial charge in [0.15, 0.2) is 0 Å². The average molecular weight is 383 g/mol. The summed E-state index contributed by atoms with van der Waals surface area (Å²) in [5.74, 6) is -0.371. The van der Waals surface area contributed by atoms with Gasteiger partial charge in [-0.1, -0.05) is 36.4 Å². The Kier molecular flexibility index (Phi) is 6.32. The number of hydrogen-bond donors (Lipinski definition) is 1. The normalized spacial score (nSPS) is 11.0. The third-order valence-corrected chi connectivity index (χ3v) is 4.99. The molecule has 140 valence electrons. The van der Waals surface area contributed by atoms with Gasteiger partial charge in [0.05, 0.1) is 12.1 Å². The topological polar surface area (TPSA) is 45.2 Å². The van der Waals surface area contributed by atoms with Crippen molar-refractivity contribution in [2.24, 2.45) is 0 Å². The summed E-state index contributed by atoms with van der Waals surface area (Å²) in [4.78, 5) is 18.9. The van der Waals surface area contributed by atoms with Crippen LogP contribution < -0.4 is 5.32 Å². The zero-order valence-corrected chi connectivity index (χ0v) is 16.2. The third-order valence-electron chi connectivity index (χ3n) is 4.05. The van der Waals surface area contributed by atoms with E-state index in [1.54, 1.807) is 6.07 Å². The molecule has 3 rings (SSSR count). The first-order valence-electron chi connectivity index (χ1n) is 8.70. The van der Waals surface area contributed by atoms with Crippen molar-refractivity contribution in [3.8, 4) is 10.6 Å². The summed E-state index contributed by atoms with van der Waals surface area (Å²) in [6, 6.07) is 14.4. The minimum atomic E-state index is -0.293. The number of hydrogen-bond acceptors (Lipinski definition) is 4. The summed E-state index contributed by atoms with van der Waals surface area (Å²) in [5, 5.41) is 5.53. The summed E-state index contributed by atoms with van der Waals surface area (Å²) in [6.07, 6.45) is 0.210. The minimum absolute atomic E-state index is 0.0780. The molecule has 0 aliphatic rings. The number of nitrogens with one attached hydrogen (secondary N) is 1. The molecule has 4 nitrogen and oxygen atoms in total. The largest absolute Gasteiger partial charge is 0.352 e. The van der Waals surface area contributed by atoms with Crippen LogP contribution in [0.1, 0.15) is 16.8 Å². The van der Waals surface area contributed by atoms with Crippen molar-refractivity contribution in [2.45, 2.75) is 19.5 Å². The molecule has 0 aliphatic heterocycles. The van der Waals surface area contributed by atoms with Crippen LogP contribution in [0.15, 0.2) is 53.9 Å². The molecule has 1 aromatic heterocycles. The Morgan fingerprint density at radius 3 is 2.67 bits per heavy atom. The predicted molar refractivity (Wildman–Crippen MR) is 107 cm³/mol. The second-order valence-corrected chi connectivity index (χ2v) is 7.47. The number of carbonyl (C=O) groups is 1. The zero-order chi connectivity index (χ0) is 19.2. The molecule has 0 spiro atoms. The van der Waals surface area contributed by atoms with Crippen LogP contribution >= 0.6 is 11.3 Å². The Labute approximate surface area is 162 Å². The molecule has 0 fully saturated rings. The van der Waals surface area contributed by atoms with E-state index in [2.05, 4.69) is 21.3 Å². The zero-order valence-electron chi connectivity index (χ0n) is 15.4. The summed E-state index contributed by atoms with van der Waals surface area (Å²) in [6.45, 7) is 1.32. The van der Waals surface area contributed by atoms with Gasteiger partial charge < -0.3 is 10.2 Å². The first-order chi connectivity index (χ1) is 13.0. The van der Waals surface area contributed by atoms with Crippen LogP contribution in [0, 0.1) is 5.82 Å². The molecule has 2 aromatic carbocycles. The molecule has 0 saturated carbocycles. The van der Waals surface area contributed by atoms with E-state index >= 15 is 0 Å². The lowest BCUT2D eigenvalue weighted by Crippen LogP contribution is -2.25. The first kappa shape index (κ1) is 19.2. The van der Waals surface area contributed by atoms with Gasteiger partial charge in [-0.25, -0.2) is 9.37 Å². The van der Waals surface area contributed by atoms with Gasteiger partial charge >= 0.3 is 0 Å². The second-order valence-electron chi connectivity index (χ2n) is 6.61. The van der Waals surface area contributed by atoms with Crippen molar-refractivity contribution < 1.29 is 9.18 Å². The molecule has 0 aliphatic carbocycles. The average Bonchev–Trinajstić information content (AvgIpc) is 3.09. The molecule has 6 heteroatoms. The van der Waals surface area contributed by atoms with Crippen molar-refractivity contribution in [3.63, 3.8) is 0 Å². The van der Waals surface area contributed by atoms with Gasteiger partial charge in [-0.3, -0.25) is 4.79 Å². The lowest BCUT2D eigenvalue weighted by molar-refractivity contribution is -0.120.